The van der Waals surface area contributed by atoms with Gasteiger partial charge < -0.3 is 15.0 Å². The Kier molecular flexibility index (Phi) is 1.90. The Bertz CT molecular complexity index is 237. The van der Waals surface area contributed by atoms with Gasteiger partial charge in [-0.25, -0.2) is 0 Å². The average molecular weight is 166 g/mol. The molecule has 1 saturated heterocycles. The van der Waals surface area contributed by atoms with Gasteiger partial charge in [0.1, 0.15) is 0 Å². The van der Waals surface area contributed by atoms with E-state index < -0.39 is 5.60 Å². The summed E-state index contributed by atoms with van der Waals surface area (Å²) in [7, 11) is 0. The topological polar surface area (TPSA) is 37.2 Å². The van der Waals surface area contributed by atoms with Gasteiger partial charge in [0.05, 0.1) is 12.1 Å². The van der Waals surface area contributed by atoms with Crippen LogP contribution in [0.1, 0.15) is 6.42 Å². The van der Waals surface area contributed by atoms with Gasteiger partial charge in [0.2, 0.25) is 0 Å². The Labute approximate surface area is 72.0 Å². The Hall–Kier alpha value is -0.800. The largest absolute Gasteiger partial charge is 0.387 e. The predicted molar refractivity (Wildman–Crippen MR) is 46.9 cm³/mol. The predicted octanol–water partition coefficient (Wildman–Crippen LogP) is 0.212. The van der Waals surface area contributed by atoms with E-state index in [0.29, 0.717) is 13.1 Å². The zero-order chi connectivity index (χ0) is 8.44. The number of hydrogen-bond donors (Lipinski definition) is 2. The summed E-state index contributed by atoms with van der Waals surface area (Å²) in [4.78, 5) is 0. The number of nitrogens with one attached hydrogen (secondary N) is 1. The molecule has 0 amide bonds. The van der Waals surface area contributed by atoms with Crippen LogP contribution in [-0.4, -0.2) is 28.4 Å². The van der Waals surface area contributed by atoms with E-state index in [0.717, 1.165) is 13.0 Å². The summed E-state index contributed by atoms with van der Waals surface area (Å²) >= 11 is 0. The molecule has 1 atom stereocenters. The summed E-state index contributed by atoms with van der Waals surface area (Å²) in [6, 6.07) is 3.96. The van der Waals surface area contributed by atoms with Gasteiger partial charge in [0, 0.05) is 18.9 Å². The van der Waals surface area contributed by atoms with Crippen molar-refractivity contribution >= 4 is 0 Å². The lowest BCUT2D eigenvalue weighted by atomic mass is 10.0. The zero-order valence-corrected chi connectivity index (χ0v) is 7.03. The molecule has 1 aromatic rings. The minimum atomic E-state index is -0.529. The third-order valence-electron chi connectivity index (χ3n) is 2.36. The molecule has 0 saturated carbocycles. The molecule has 0 bridgehead atoms. The molecule has 3 heteroatoms. The molecule has 2 rings (SSSR count). The summed E-state index contributed by atoms with van der Waals surface area (Å²) in [5.74, 6) is 0. The van der Waals surface area contributed by atoms with E-state index in [1.807, 2.05) is 29.1 Å². The smallest absolute Gasteiger partial charge is 0.0961 e. The second kappa shape index (κ2) is 2.92. The van der Waals surface area contributed by atoms with Crippen LogP contribution in [0, 0.1) is 0 Å². The van der Waals surface area contributed by atoms with Gasteiger partial charge in [0.25, 0.3) is 0 Å². The highest BCUT2D eigenvalue weighted by Crippen LogP contribution is 2.16. The van der Waals surface area contributed by atoms with Crippen LogP contribution >= 0.6 is 0 Å². The third kappa shape index (κ3) is 1.52. The quantitative estimate of drug-likeness (QED) is 0.659. The van der Waals surface area contributed by atoms with Crippen LogP contribution in [0.15, 0.2) is 24.5 Å². The van der Waals surface area contributed by atoms with Crippen molar-refractivity contribution in [3.05, 3.63) is 24.5 Å². The number of β-amino-alcohol motifs (C(OH)–C–C–N with tert-alkyl or cyclic N) is 1. The second-order valence-electron chi connectivity index (χ2n) is 3.51. The number of rotatable bonds is 2. The van der Waals surface area contributed by atoms with Gasteiger partial charge >= 0.3 is 0 Å². The van der Waals surface area contributed by atoms with Crippen molar-refractivity contribution < 1.29 is 5.11 Å². The van der Waals surface area contributed by atoms with Crippen LogP contribution in [0.5, 0.6) is 0 Å². The molecule has 1 fully saturated rings. The summed E-state index contributed by atoms with van der Waals surface area (Å²) < 4.78 is 2.02. The van der Waals surface area contributed by atoms with Gasteiger partial charge in [-0.15, -0.1) is 0 Å². The molecular weight excluding hydrogens is 152 g/mol. The minimum Gasteiger partial charge on any atom is -0.387 e. The van der Waals surface area contributed by atoms with Crippen LogP contribution < -0.4 is 5.32 Å². The molecule has 1 aliphatic rings. The summed E-state index contributed by atoms with van der Waals surface area (Å²) in [5.41, 5.74) is -0.529. The van der Waals surface area contributed by atoms with Crippen molar-refractivity contribution in [3.8, 4) is 0 Å². The molecule has 0 aromatic carbocycles. The first-order valence-corrected chi connectivity index (χ1v) is 4.32. The van der Waals surface area contributed by atoms with E-state index >= 15 is 0 Å². The number of hydrogen-bond acceptors (Lipinski definition) is 2. The fourth-order valence-corrected chi connectivity index (χ4v) is 1.68. The maximum atomic E-state index is 9.98. The third-order valence-corrected chi connectivity index (χ3v) is 2.36. The molecule has 0 radical (unpaired) electrons. The van der Waals surface area contributed by atoms with Crippen LogP contribution in [0.2, 0.25) is 0 Å². The average Bonchev–Trinajstić information content (AvgIpc) is 2.62. The summed E-state index contributed by atoms with van der Waals surface area (Å²) in [6.07, 6.45) is 4.82. The highest BCUT2D eigenvalue weighted by molar-refractivity contribution is 4.95. The fourth-order valence-electron chi connectivity index (χ4n) is 1.68. The first kappa shape index (κ1) is 7.83. The van der Waals surface area contributed by atoms with E-state index in [2.05, 4.69) is 5.32 Å². The van der Waals surface area contributed by atoms with Crippen LogP contribution in [0.25, 0.3) is 0 Å². The molecule has 0 aliphatic carbocycles. The molecule has 1 unspecified atom stereocenters. The van der Waals surface area contributed by atoms with E-state index in [1.165, 1.54) is 0 Å². The maximum Gasteiger partial charge on any atom is 0.0961 e. The molecule has 12 heavy (non-hydrogen) atoms. The van der Waals surface area contributed by atoms with Crippen molar-refractivity contribution in [2.24, 2.45) is 0 Å². The standard InChI is InChI=1S/C9H14N2O/c12-9(3-4-10-7-9)8-11-5-1-2-6-11/h1-2,5-6,10,12H,3-4,7-8H2. The lowest BCUT2D eigenvalue weighted by Gasteiger charge is -2.21. The molecule has 66 valence electrons. The maximum absolute atomic E-state index is 9.98. The molecule has 3 nitrogen and oxygen atoms in total. The molecule has 2 heterocycles. The lowest BCUT2D eigenvalue weighted by Crippen LogP contribution is -2.35. The Morgan fingerprint density at radius 1 is 1.42 bits per heavy atom. The van der Waals surface area contributed by atoms with E-state index in [4.69, 9.17) is 0 Å². The first-order valence-electron chi connectivity index (χ1n) is 4.32. The van der Waals surface area contributed by atoms with Gasteiger partial charge in [-0.1, -0.05) is 0 Å². The van der Waals surface area contributed by atoms with Crippen molar-refractivity contribution in [2.45, 2.75) is 18.6 Å². The highest BCUT2D eigenvalue weighted by Gasteiger charge is 2.30. The zero-order valence-electron chi connectivity index (χ0n) is 7.03. The van der Waals surface area contributed by atoms with E-state index in [1.54, 1.807) is 0 Å². The molecule has 1 aromatic heterocycles. The van der Waals surface area contributed by atoms with Gasteiger partial charge in [-0.05, 0) is 25.1 Å². The minimum absolute atomic E-state index is 0.529. The monoisotopic (exact) mass is 166 g/mol. The van der Waals surface area contributed by atoms with Crippen LogP contribution in [-0.2, 0) is 6.54 Å². The van der Waals surface area contributed by atoms with E-state index in [-0.39, 0.29) is 0 Å². The number of nitrogens with zero attached hydrogens (tertiary/aromatic N) is 1. The Morgan fingerprint density at radius 2 is 2.17 bits per heavy atom. The van der Waals surface area contributed by atoms with Crippen molar-refractivity contribution in [2.75, 3.05) is 13.1 Å². The van der Waals surface area contributed by atoms with Crippen LogP contribution in [0.4, 0.5) is 0 Å². The first-order chi connectivity index (χ1) is 5.79. The molecule has 0 spiro atoms. The molecule has 2 N–H and O–H groups in total. The Morgan fingerprint density at radius 3 is 2.75 bits per heavy atom. The summed E-state index contributed by atoms with van der Waals surface area (Å²) in [6.45, 7) is 2.34. The van der Waals surface area contributed by atoms with Crippen molar-refractivity contribution in [3.63, 3.8) is 0 Å². The SMILES string of the molecule is OC1(Cn2cccc2)CCNC1. The second-order valence-corrected chi connectivity index (χ2v) is 3.51. The summed E-state index contributed by atoms with van der Waals surface area (Å²) in [5, 5.41) is 13.1. The van der Waals surface area contributed by atoms with E-state index in [9.17, 15) is 5.11 Å². The van der Waals surface area contributed by atoms with Gasteiger partial charge in [-0.2, -0.15) is 0 Å². The highest BCUT2D eigenvalue weighted by atomic mass is 16.3. The normalized spacial score (nSPS) is 29.4. The van der Waals surface area contributed by atoms with Crippen LogP contribution in [0.3, 0.4) is 0 Å². The van der Waals surface area contributed by atoms with Crippen molar-refractivity contribution in [1.29, 1.82) is 0 Å². The van der Waals surface area contributed by atoms with Crippen molar-refractivity contribution in [1.82, 2.24) is 9.88 Å². The number of aromatic nitrogens is 1. The Balaban J connectivity index is 2.02. The number of aliphatic hydroxyl groups is 1. The molecular formula is C9H14N2O. The lowest BCUT2D eigenvalue weighted by molar-refractivity contribution is 0.0433. The van der Waals surface area contributed by atoms with Gasteiger partial charge in [0.15, 0.2) is 0 Å². The molecule has 1 aliphatic heterocycles. The van der Waals surface area contributed by atoms with Gasteiger partial charge in [-0.3, -0.25) is 0 Å². The fraction of sp³-hybridized carbons (Fsp3) is 0.556.